The number of fused-ring (bicyclic) bond motifs is 1. The van der Waals surface area contributed by atoms with Crippen LogP contribution in [-0.4, -0.2) is 65.1 Å². The normalized spacial score (nSPS) is 25.9. The van der Waals surface area contributed by atoms with E-state index in [9.17, 15) is 19.7 Å². The second-order valence-electron chi connectivity index (χ2n) is 8.33. The quantitative estimate of drug-likeness (QED) is 0.446. The van der Waals surface area contributed by atoms with E-state index in [-0.39, 0.29) is 17.2 Å². The Morgan fingerprint density at radius 3 is 2.73 bits per heavy atom. The predicted molar refractivity (Wildman–Crippen MR) is 110 cm³/mol. The molecule has 0 radical (unpaired) electrons. The highest BCUT2D eigenvalue weighted by molar-refractivity contribution is 6.47. The number of benzene rings is 1. The van der Waals surface area contributed by atoms with Gasteiger partial charge < -0.3 is 30.3 Å². The monoisotopic (exact) mass is 414 g/mol. The first-order valence-electron chi connectivity index (χ1n) is 10.5. The zero-order valence-electron chi connectivity index (χ0n) is 16.8. The number of carbonyl (C=O) groups excluding carboxylic acids is 1. The average Bonchev–Trinajstić information content (AvgIpc) is 3.14. The molecule has 0 aromatic heterocycles. The summed E-state index contributed by atoms with van der Waals surface area (Å²) in [6.07, 6.45) is 4.55. The van der Waals surface area contributed by atoms with Crippen molar-refractivity contribution >= 4 is 25.0 Å². The maximum absolute atomic E-state index is 12.6. The van der Waals surface area contributed by atoms with Crippen LogP contribution in [0.3, 0.4) is 0 Å². The second kappa shape index (κ2) is 8.55. The maximum atomic E-state index is 12.6. The molecule has 2 fully saturated rings. The number of carboxylic acid groups (broad SMARTS) is 1. The van der Waals surface area contributed by atoms with E-state index in [1.807, 2.05) is 0 Å². The standard InChI is InChI=1S/C20H27BN4O5/c22-20-23-8-9-25(20)14-6-4-12(5-7-14)10-17(26)24-16-11-13-2-1-3-15(19(27)28)18(13)30-21(16)29/h1-3,12,14,16,29H,4-11H2,(H2,22,23)(H,24,26)(H,27,28)/t12-,14-,16-/m0/s1. The van der Waals surface area contributed by atoms with E-state index in [4.69, 9.17) is 10.1 Å². The Morgan fingerprint density at radius 2 is 2.07 bits per heavy atom. The minimum Gasteiger partial charge on any atom is -0.534 e. The van der Waals surface area contributed by atoms with Crippen molar-refractivity contribution in [3.63, 3.8) is 0 Å². The molecule has 0 spiro atoms. The van der Waals surface area contributed by atoms with Gasteiger partial charge in [-0.2, -0.15) is 0 Å². The SMILES string of the molecule is N=C1NCCN1[C@H]1CC[C@H](CC(=O)N[C@H]2Cc3cccc(C(=O)O)c3OB2O)CC1. The molecule has 1 saturated carbocycles. The van der Waals surface area contributed by atoms with Crippen molar-refractivity contribution in [3.05, 3.63) is 29.3 Å². The van der Waals surface area contributed by atoms with Crippen LogP contribution in [0.15, 0.2) is 18.2 Å². The van der Waals surface area contributed by atoms with E-state index in [0.29, 0.717) is 36.3 Å². The lowest BCUT2D eigenvalue weighted by atomic mass is 9.72. The Bertz CT molecular complexity index is 842. The zero-order chi connectivity index (χ0) is 21.3. The van der Waals surface area contributed by atoms with Crippen LogP contribution in [0.1, 0.15) is 48.0 Å². The van der Waals surface area contributed by atoms with Crippen molar-refractivity contribution in [2.45, 2.75) is 50.5 Å². The third kappa shape index (κ3) is 4.23. The molecule has 10 heteroatoms. The molecule has 2 aliphatic heterocycles. The fourth-order valence-corrected chi connectivity index (χ4v) is 4.78. The molecule has 1 saturated heterocycles. The Morgan fingerprint density at radius 1 is 1.30 bits per heavy atom. The summed E-state index contributed by atoms with van der Waals surface area (Å²) in [5, 5.41) is 33.4. The molecule has 30 heavy (non-hydrogen) atoms. The summed E-state index contributed by atoms with van der Waals surface area (Å²) >= 11 is 0. The molecular weight excluding hydrogens is 387 g/mol. The van der Waals surface area contributed by atoms with Crippen LogP contribution in [-0.2, 0) is 11.2 Å². The number of hydrogen-bond donors (Lipinski definition) is 5. The van der Waals surface area contributed by atoms with Gasteiger partial charge in [-0.25, -0.2) is 4.79 Å². The molecule has 2 heterocycles. The van der Waals surface area contributed by atoms with Gasteiger partial charge in [0, 0.05) is 25.6 Å². The smallest absolute Gasteiger partial charge is 0.534 e. The van der Waals surface area contributed by atoms with Gasteiger partial charge in [0.25, 0.3) is 0 Å². The number of carbonyl (C=O) groups is 2. The summed E-state index contributed by atoms with van der Waals surface area (Å²) in [5.74, 6) is -0.881. The van der Waals surface area contributed by atoms with Crippen molar-refractivity contribution in [1.82, 2.24) is 15.5 Å². The number of hydrogen-bond acceptors (Lipinski definition) is 5. The highest BCUT2D eigenvalue weighted by Gasteiger charge is 2.38. The first-order chi connectivity index (χ1) is 14.4. The fraction of sp³-hybridized carbons (Fsp3) is 0.550. The lowest BCUT2D eigenvalue weighted by molar-refractivity contribution is -0.122. The van der Waals surface area contributed by atoms with Gasteiger partial charge in [-0.05, 0) is 49.7 Å². The lowest BCUT2D eigenvalue weighted by Gasteiger charge is -2.35. The third-order valence-corrected chi connectivity index (χ3v) is 6.36. The summed E-state index contributed by atoms with van der Waals surface area (Å²) in [6, 6.07) is 5.19. The van der Waals surface area contributed by atoms with Crippen LogP contribution in [0.25, 0.3) is 0 Å². The molecule has 1 amide bonds. The van der Waals surface area contributed by atoms with Gasteiger partial charge >= 0.3 is 13.1 Å². The number of carboxylic acids is 1. The van der Waals surface area contributed by atoms with Crippen LogP contribution in [0.4, 0.5) is 0 Å². The highest BCUT2D eigenvalue weighted by atomic mass is 16.5. The molecule has 1 atom stereocenters. The summed E-state index contributed by atoms with van der Waals surface area (Å²) in [5.41, 5.74) is 0.669. The second-order valence-corrected chi connectivity index (χ2v) is 8.33. The van der Waals surface area contributed by atoms with Gasteiger partial charge in [-0.15, -0.1) is 0 Å². The molecule has 1 aromatic carbocycles. The number of amides is 1. The molecule has 4 rings (SSSR count). The Hall–Kier alpha value is -2.75. The van der Waals surface area contributed by atoms with Gasteiger partial charge in [0.1, 0.15) is 5.75 Å². The molecule has 0 bridgehead atoms. The van der Waals surface area contributed by atoms with Crippen molar-refractivity contribution < 1.29 is 24.4 Å². The van der Waals surface area contributed by atoms with Crippen molar-refractivity contribution in [2.75, 3.05) is 13.1 Å². The summed E-state index contributed by atoms with van der Waals surface area (Å²) in [7, 11) is -1.29. The lowest BCUT2D eigenvalue weighted by Crippen LogP contribution is -2.53. The summed E-state index contributed by atoms with van der Waals surface area (Å²) in [4.78, 5) is 26.0. The van der Waals surface area contributed by atoms with E-state index in [0.717, 1.165) is 38.8 Å². The van der Waals surface area contributed by atoms with E-state index < -0.39 is 19.0 Å². The Kier molecular flexibility index (Phi) is 5.85. The summed E-state index contributed by atoms with van der Waals surface area (Å²) < 4.78 is 5.44. The van der Waals surface area contributed by atoms with Gasteiger partial charge in [-0.3, -0.25) is 10.2 Å². The fourth-order valence-electron chi connectivity index (χ4n) is 4.78. The van der Waals surface area contributed by atoms with Crippen LogP contribution >= 0.6 is 0 Å². The average molecular weight is 414 g/mol. The van der Waals surface area contributed by atoms with Crippen LogP contribution < -0.4 is 15.3 Å². The number of nitrogens with zero attached hydrogens (tertiary/aromatic N) is 1. The molecule has 1 aliphatic carbocycles. The van der Waals surface area contributed by atoms with Crippen LogP contribution in [0.5, 0.6) is 5.75 Å². The Labute approximate surface area is 175 Å². The minimum atomic E-state index is -1.29. The number of guanidine groups is 1. The Balaban J connectivity index is 1.29. The van der Waals surface area contributed by atoms with E-state index >= 15 is 0 Å². The van der Waals surface area contributed by atoms with E-state index in [2.05, 4.69) is 15.5 Å². The van der Waals surface area contributed by atoms with E-state index in [1.54, 1.807) is 12.1 Å². The van der Waals surface area contributed by atoms with Crippen LogP contribution in [0.2, 0.25) is 0 Å². The van der Waals surface area contributed by atoms with Gasteiger partial charge in [0.15, 0.2) is 5.96 Å². The van der Waals surface area contributed by atoms with Gasteiger partial charge in [-0.1, -0.05) is 12.1 Å². The number of para-hydroxylation sites is 1. The van der Waals surface area contributed by atoms with Crippen molar-refractivity contribution in [2.24, 2.45) is 5.92 Å². The molecule has 5 N–H and O–H groups in total. The minimum absolute atomic E-state index is 0.00868. The molecule has 3 aliphatic rings. The largest absolute Gasteiger partial charge is 0.547 e. The number of nitrogens with one attached hydrogen (secondary N) is 3. The molecule has 160 valence electrons. The van der Waals surface area contributed by atoms with E-state index in [1.165, 1.54) is 6.07 Å². The summed E-state index contributed by atoms with van der Waals surface area (Å²) in [6.45, 7) is 1.70. The van der Waals surface area contributed by atoms with Gasteiger partial charge in [0.05, 0.1) is 11.5 Å². The van der Waals surface area contributed by atoms with Crippen LogP contribution in [0, 0.1) is 11.3 Å². The first kappa shape index (κ1) is 20.5. The molecule has 9 nitrogen and oxygen atoms in total. The molecular formula is C20H27BN4O5. The maximum Gasteiger partial charge on any atom is 0.547 e. The van der Waals surface area contributed by atoms with Gasteiger partial charge in [0.2, 0.25) is 5.91 Å². The molecule has 0 unspecified atom stereocenters. The highest BCUT2D eigenvalue weighted by Crippen LogP contribution is 2.32. The van der Waals surface area contributed by atoms with Crippen molar-refractivity contribution in [1.29, 1.82) is 5.41 Å². The third-order valence-electron chi connectivity index (χ3n) is 6.36. The van der Waals surface area contributed by atoms with Crippen molar-refractivity contribution in [3.8, 4) is 5.75 Å². The number of aromatic carboxylic acids is 1. The molecule has 1 aromatic rings. The number of rotatable bonds is 5. The topological polar surface area (TPSA) is 135 Å². The predicted octanol–water partition coefficient (Wildman–Crippen LogP) is 0.613. The zero-order valence-corrected chi connectivity index (χ0v) is 16.8. The first-order valence-corrected chi connectivity index (χ1v) is 10.5.